The van der Waals surface area contributed by atoms with Crippen molar-refractivity contribution in [2.45, 2.75) is 32.2 Å². The van der Waals surface area contributed by atoms with Crippen LogP contribution in [0.1, 0.15) is 34.8 Å². The van der Waals surface area contributed by atoms with Gasteiger partial charge in [-0.15, -0.1) is 0 Å². The number of rotatable bonds is 2. The summed E-state index contributed by atoms with van der Waals surface area (Å²) in [6.45, 7) is 3.05. The molecule has 0 bridgehead atoms. The van der Waals surface area contributed by atoms with E-state index in [4.69, 9.17) is 0 Å². The fourth-order valence-corrected chi connectivity index (χ4v) is 4.51. The van der Waals surface area contributed by atoms with E-state index in [0.29, 0.717) is 5.56 Å². The van der Waals surface area contributed by atoms with Crippen LogP contribution in [-0.4, -0.2) is 23.5 Å². The number of hydrogen-bond donors (Lipinski definition) is 0. The van der Waals surface area contributed by atoms with E-state index in [1.165, 1.54) is 16.8 Å². The minimum absolute atomic E-state index is 0.0251. The third-order valence-corrected chi connectivity index (χ3v) is 5.82. The van der Waals surface area contributed by atoms with Gasteiger partial charge in [0.15, 0.2) is 0 Å². The van der Waals surface area contributed by atoms with Gasteiger partial charge in [0.05, 0.1) is 17.4 Å². The minimum atomic E-state index is 0.0251. The lowest BCUT2D eigenvalue weighted by Gasteiger charge is -2.31. The smallest absolute Gasteiger partial charge is 0.260 e. The highest BCUT2D eigenvalue weighted by atomic mass is 16.2. The van der Waals surface area contributed by atoms with Crippen molar-refractivity contribution >= 4 is 23.0 Å². The van der Waals surface area contributed by atoms with Gasteiger partial charge < -0.3 is 9.80 Å². The summed E-state index contributed by atoms with van der Waals surface area (Å²) in [7, 11) is 0. The van der Waals surface area contributed by atoms with Crippen LogP contribution >= 0.6 is 0 Å². The van der Waals surface area contributed by atoms with Crippen LogP contribution in [0.25, 0.3) is 0 Å². The Morgan fingerprint density at radius 2 is 1.75 bits per heavy atom. The van der Waals surface area contributed by atoms with E-state index in [1.807, 2.05) is 35.4 Å². The molecule has 0 radical (unpaired) electrons. The Balaban J connectivity index is 1.50. The van der Waals surface area contributed by atoms with Crippen LogP contribution in [0.5, 0.6) is 0 Å². The number of aromatic nitrogens is 1. The molecule has 1 atom stereocenters. The highest BCUT2D eigenvalue weighted by molar-refractivity contribution is 6.08. The third kappa shape index (κ3) is 2.76. The number of carbonyl (C=O) groups is 1. The Bertz CT molecular complexity index is 1050. The molecule has 2 aliphatic rings. The molecule has 1 amide bonds. The fraction of sp³-hybridized carbons (Fsp3) is 0.250. The topological polar surface area (TPSA) is 36.4 Å². The van der Waals surface area contributed by atoms with Gasteiger partial charge in [0.1, 0.15) is 0 Å². The second-order valence-electron chi connectivity index (χ2n) is 7.67. The maximum Gasteiger partial charge on any atom is 0.260 e. The summed E-state index contributed by atoms with van der Waals surface area (Å²) in [6, 6.07) is 18.8. The van der Waals surface area contributed by atoms with E-state index >= 15 is 0 Å². The molecule has 0 fully saturated rings. The molecular formula is C24H23N3O. The first kappa shape index (κ1) is 17.0. The summed E-state index contributed by atoms with van der Waals surface area (Å²) in [4.78, 5) is 22.0. The van der Waals surface area contributed by atoms with Crippen LogP contribution in [-0.2, 0) is 12.8 Å². The standard InChI is InChI=1S/C24H23N3O/c1-17-13-19-8-3-5-11-23(19)27(17)24(28)20-14-21(16-25-15-20)26-12-6-9-18-7-2-4-10-22(18)26/h2-5,7-8,10-11,14-17H,6,9,12-13H2,1H3. The molecular weight excluding hydrogens is 346 g/mol. The Morgan fingerprint density at radius 3 is 2.61 bits per heavy atom. The average molecular weight is 369 g/mol. The number of fused-ring (bicyclic) bond motifs is 2. The van der Waals surface area contributed by atoms with E-state index in [9.17, 15) is 4.79 Å². The van der Waals surface area contributed by atoms with E-state index in [2.05, 4.69) is 47.1 Å². The van der Waals surface area contributed by atoms with Crippen molar-refractivity contribution in [2.24, 2.45) is 0 Å². The summed E-state index contributed by atoms with van der Waals surface area (Å²) in [6.07, 6.45) is 6.65. The van der Waals surface area contributed by atoms with Crippen molar-refractivity contribution in [3.05, 3.63) is 83.7 Å². The quantitative estimate of drug-likeness (QED) is 0.654. The van der Waals surface area contributed by atoms with Gasteiger partial charge in [-0.05, 0) is 55.5 Å². The lowest BCUT2D eigenvalue weighted by atomic mass is 10.0. The zero-order valence-corrected chi connectivity index (χ0v) is 16.0. The molecule has 1 unspecified atom stereocenters. The van der Waals surface area contributed by atoms with E-state index in [0.717, 1.165) is 37.2 Å². The van der Waals surface area contributed by atoms with Gasteiger partial charge in [0.2, 0.25) is 0 Å². The number of nitrogens with zero attached hydrogens (tertiary/aromatic N) is 3. The number of pyridine rings is 1. The lowest BCUT2D eigenvalue weighted by molar-refractivity contribution is 0.0981. The molecule has 2 aromatic carbocycles. The van der Waals surface area contributed by atoms with E-state index in [1.54, 1.807) is 6.20 Å². The molecule has 140 valence electrons. The second-order valence-corrected chi connectivity index (χ2v) is 7.67. The molecule has 5 rings (SSSR count). The Kier molecular flexibility index (Phi) is 4.12. The van der Waals surface area contributed by atoms with Crippen molar-refractivity contribution in [1.29, 1.82) is 0 Å². The predicted octanol–water partition coefficient (Wildman–Crippen LogP) is 4.76. The van der Waals surface area contributed by atoms with Crippen LogP contribution in [0.4, 0.5) is 17.1 Å². The van der Waals surface area contributed by atoms with Gasteiger partial charge in [-0.3, -0.25) is 9.78 Å². The van der Waals surface area contributed by atoms with Crippen molar-refractivity contribution in [1.82, 2.24) is 4.98 Å². The molecule has 4 heteroatoms. The first-order valence-corrected chi connectivity index (χ1v) is 9.94. The van der Waals surface area contributed by atoms with Crippen LogP contribution in [0.15, 0.2) is 67.0 Å². The fourth-order valence-electron chi connectivity index (χ4n) is 4.51. The molecule has 0 N–H and O–H groups in total. The number of para-hydroxylation sites is 2. The molecule has 28 heavy (non-hydrogen) atoms. The molecule has 0 spiro atoms. The predicted molar refractivity (Wildman–Crippen MR) is 112 cm³/mol. The van der Waals surface area contributed by atoms with Crippen LogP contribution < -0.4 is 9.80 Å². The molecule has 0 saturated heterocycles. The summed E-state index contributed by atoms with van der Waals surface area (Å²) in [5.74, 6) is 0.0251. The molecule has 3 heterocycles. The van der Waals surface area contributed by atoms with Gasteiger partial charge in [-0.2, -0.15) is 0 Å². The highest BCUT2D eigenvalue weighted by Gasteiger charge is 2.31. The zero-order valence-electron chi connectivity index (χ0n) is 16.0. The molecule has 3 aromatic rings. The summed E-state index contributed by atoms with van der Waals surface area (Å²) >= 11 is 0. The third-order valence-electron chi connectivity index (χ3n) is 5.82. The first-order valence-electron chi connectivity index (χ1n) is 9.94. The highest BCUT2D eigenvalue weighted by Crippen LogP contribution is 2.35. The number of aryl methyl sites for hydroxylation is 1. The zero-order chi connectivity index (χ0) is 19.1. The minimum Gasteiger partial charge on any atom is -0.340 e. The van der Waals surface area contributed by atoms with Crippen LogP contribution in [0, 0.1) is 0 Å². The maximum atomic E-state index is 13.4. The van der Waals surface area contributed by atoms with E-state index < -0.39 is 0 Å². The largest absolute Gasteiger partial charge is 0.340 e. The molecule has 4 nitrogen and oxygen atoms in total. The summed E-state index contributed by atoms with van der Waals surface area (Å²) < 4.78 is 0. The number of hydrogen-bond acceptors (Lipinski definition) is 3. The SMILES string of the molecule is CC1Cc2ccccc2N1C(=O)c1cncc(N2CCCc3ccccc32)c1. The van der Waals surface area contributed by atoms with Gasteiger partial charge >= 0.3 is 0 Å². The van der Waals surface area contributed by atoms with Crippen molar-refractivity contribution in [3.8, 4) is 0 Å². The Morgan fingerprint density at radius 1 is 1.00 bits per heavy atom. The number of anilines is 3. The Labute approximate surface area is 165 Å². The number of amides is 1. The molecule has 1 aromatic heterocycles. The normalized spacial score (nSPS) is 18.0. The van der Waals surface area contributed by atoms with Crippen molar-refractivity contribution in [3.63, 3.8) is 0 Å². The average Bonchev–Trinajstić information content (AvgIpc) is 3.08. The van der Waals surface area contributed by atoms with Crippen molar-refractivity contribution < 1.29 is 4.79 Å². The molecule has 2 aliphatic heterocycles. The Hall–Kier alpha value is -3.14. The van der Waals surface area contributed by atoms with Crippen LogP contribution in [0.3, 0.4) is 0 Å². The van der Waals surface area contributed by atoms with Gasteiger partial charge in [0, 0.05) is 30.2 Å². The summed E-state index contributed by atoms with van der Waals surface area (Å²) in [5.41, 5.74) is 6.46. The van der Waals surface area contributed by atoms with Crippen LogP contribution in [0.2, 0.25) is 0 Å². The number of carbonyl (C=O) groups excluding carboxylic acids is 1. The molecule has 0 aliphatic carbocycles. The lowest BCUT2D eigenvalue weighted by Crippen LogP contribution is -2.36. The van der Waals surface area contributed by atoms with Crippen molar-refractivity contribution in [2.75, 3.05) is 16.3 Å². The van der Waals surface area contributed by atoms with Gasteiger partial charge in [-0.25, -0.2) is 0 Å². The monoisotopic (exact) mass is 369 g/mol. The maximum absolute atomic E-state index is 13.4. The van der Waals surface area contributed by atoms with Gasteiger partial charge in [0.25, 0.3) is 5.91 Å². The summed E-state index contributed by atoms with van der Waals surface area (Å²) in [5, 5.41) is 0. The molecule has 0 saturated carbocycles. The second kappa shape index (κ2) is 6.79. The number of benzene rings is 2. The van der Waals surface area contributed by atoms with E-state index in [-0.39, 0.29) is 11.9 Å². The van der Waals surface area contributed by atoms with Gasteiger partial charge in [-0.1, -0.05) is 36.4 Å². The first-order chi connectivity index (χ1) is 13.7.